The number of rotatable bonds is 8. The van der Waals surface area contributed by atoms with E-state index < -0.39 is 0 Å². The number of nitrogens with one attached hydrogen (secondary N) is 1. The average Bonchev–Trinajstić information content (AvgIpc) is 2.96. The molecule has 0 spiro atoms. The van der Waals surface area contributed by atoms with Gasteiger partial charge in [-0.2, -0.15) is 5.10 Å². The molecular weight excluding hydrogens is 374 g/mol. The number of benzene rings is 1. The third kappa shape index (κ3) is 5.82. The Morgan fingerprint density at radius 3 is 2.96 bits per heavy atom. The summed E-state index contributed by atoms with van der Waals surface area (Å²) in [6, 6.07) is 5.64. The normalized spacial score (nSPS) is 11.0. The molecule has 0 aliphatic heterocycles. The standard InChI is InChI=1S/C17H20BrN3O3/c1-3-23-8-9-24-16-6-5-14(18)10-13(16)4-7-17(22)20-15-11-19-21(2)12-15/h4-7,10-12H,3,8-9H2,1-2H3,(H,20,22)/b7-4+. The fourth-order valence-electron chi connectivity index (χ4n) is 1.97. The highest BCUT2D eigenvalue weighted by atomic mass is 79.9. The van der Waals surface area contributed by atoms with E-state index in [1.807, 2.05) is 25.1 Å². The molecule has 0 saturated heterocycles. The summed E-state index contributed by atoms with van der Waals surface area (Å²) < 4.78 is 13.5. The van der Waals surface area contributed by atoms with E-state index in [0.717, 1.165) is 10.0 Å². The highest BCUT2D eigenvalue weighted by Gasteiger charge is 2.04. The third-order valence-electron chi connectivity index (χ3n) is 3.05. The number of halogens is 1. The molecule has 0 bridgehead atoms. The average molecular weight is 394 g/mol. The lowest BCUT2D eigenvalue weighted by Gasteiger charge is -2.09. The molecule has 1 N–H and O–H groups in total. The number of nitrogens with zero attached hydrogens (tertiary/aromatic N) is 2. The molecule has 0 aliphatic carbocycles. The van der Waals surface area contributed by atoms with Gasteiger partial charge in [0.25, 0.3) is 0 Å². The Labute approximate surface area is 149 Å². The molecule has 0 fully saturated rings. The lowest BCUT2D eigenvalue weighted by atomic mass is 10.2. The van der Waals surface area contributed by atoms with Gasteiger partial charge in [-0.25, -0.2) is 0 Å². The number of aryl methyl sites for hydroxylation is 1. The smallest absolute Gasteiger partial charge is 0.248 e. The van der Waals surface area contributed by atoms with Gasteiger partial charge in [0.1, 0.15) is 12.4 Å². The lowest BCUT2D eigenvalue weighted by molar-refractivity contribution is -0.111. The maximum absolute atomic E-state index is 12.0. The Balaban J connectivity index is 2.01. The van der Waals surface area contributed by atoms with Crippen molar-refractivity contribution in [1.82, 2.24) is 9.78 Å². The number of aromatic nitrogens is 2. The van der Waals surface area contributed by atoms with Crippen LogP contribution in [0.25, 0.3) is 6.08 Å². The molecule has 1 aromatic carbocycles. The molecule has 6 nitrogen and oxygen atoms in total. The number of anilines is 1. The summed E-state index contributed by atoms with van der Waals surface area (Å²) in [6.45, 7) is 3.58. The zero-order valence-electron chi connectivity index (χ0n) is 13.7. The second-order valence-electron chi connectivity index (χ2n) is 4.95. The number of hydrogen-bond acceptors (Lipinski definition) is 4. The van der Waals surface area contributed by atoms with Gasteiger partial charge in [-0.3, -0.25) is 9.48 Å². The number of hydrogen-bond donors (Lipinski definition) is 1. The maximum Gasteiger partial charge on any atom is 0.248 e. The van der Waals surface area contributed by atoms with Crippen LogP contribution in [0.5, 0.6) is 5.75 Å². The summed E-state index contributed by atoms with van der Waals surface area (Å²) in [6.07, 6.45) is 6.50. The molecule has 24 heavy (non-hydrogen) atoms. The van der Waals surface area contributed by atoms with Crippen LogP contribution in [0.3, 0.4) is 0 Å². The van der Waals surface area contributed by atoms with Gasteiger partial charge < -0.3 is 14.8 Å². The first-order chi connectivity index (χ1) is 11.6. The minimum atomic E-state index is -0.233. The predicted octanol–water partition coefficient (Wildman–Crippen LogP) is 3.25. The van der Waals surface area contributed by atoms with E-state index in [0.29, 0.717) is 31.3 Å². The lowest BCUT2D eigenvalue weighted by Crippen LogP contribution is -2.08. The van der Waals surface area contributed by atoms with Crippen molar-refractivity contribution in [3.8, 4) is 5.75 Å². The first-order valence-corrected chi connectivity index (χ1v) is 8.35. The van der Waals surface area contributed by atoms with Gasteiger partial charge in [0.2, 0.25) is 5.91 Å². The second-order valence-corrected chi connectivity index (χ2v) is 5.87. The van der Waals surface area contributed by atoms with Crippen molar-refractivity contribution in [2.75, 3.05) is 25.1 Å². The Kier molecular flexibility index (Phi) is 7.02. The number of carbonyl (C=O) groups excluding carboxylic acids is 1. The van der Waals surface area contributed by atoms with Gasteiger partial charge in [-0.05, 0) is 31.2 Å². The summed E-state index contributed by atoms with van der Waals surface area (Å²) in [4.78, 5) is 12.0. The van der Waals surface area contributed by atoms with Gasteiger partial charge in [0.05, 0.1) is 18.5 Å². The monoisotopic (exact) mass is 393 g/mol. The molecule has 128 valence electrons. The van der Waals surface area contributed by atoms with Crippen molar-refractivity contribution in [3.63, 3.8) is 0 Å². The van der Waals surface area contributed by atoms with E-state index in [4.69, 9.17) is 9.47 Å². The topological polar surface area (TPSA) is 65.4 Å². The molecule has 0 radical (unpaired) electrons. The molecule has 2 aromatic rings. The van der Waals surface area contributed by atoms with Crippen LogP contribution in [-0.2, 0) is 16.6 Å². The Morgan fingerprint density at radius 1 is 1.42 bits per heavy atom. The van der Waals surface area contributed by atoms with Gasteiger partial charge in [0, 0.05) is 36.0 Å². The highest BCUT2D eigenvalue weighted by molar-refractivity contribution is 9.10. The first kappa shape index (κ1) is 18.2. The third-order valence-corrected chi connectivity index (χ3v) is 3.54. The van der Waals surface area contributed by atoms with E-state index in [2.05, 4.69) is 26.3 Å². The van der Waals surface area contributed by atoms with Crippen molar-refractivity contribution in [2.45, 2.75) is 6.92 Å². The predicted molar refractivity (Wildman–Crippen MR) is 97.0 cm³/mol. The molecule has 1 heterocycles. The first-order valence-electron chi connectivity index (χ1n) is 7.56. The molecule has 1 aromatic heterocycles. The minimum Gasteiger partial charge on any atom is -0.491 e. The fourth-order valence-corrected chi connectivity index (χ4v) is 2.35. The number of amides is 1. The maximum atomic E-state index is 12.0. The van der Waals surface area contributed by atoms with Crippen LogP contribution in [0.4, 0.5) is 5.69 Å². The van der Waals surface area contributed by atoms with Crippen molar-refractivity contribution >= 4 is 33.6 Å². The van der Waals surface area contributed by atoms with E-state index >= 15 is 0 Å². The van der Waals surface area contributed by atoms with Crippen molar-refractivity contribution in [3.05, 3.63) is 46.7 Å². The van der Waals surface area contributed by atoms with E-state index in [1.54, 1.807) is 30.2 Å². The molecule has 0 saturated carbocycles. The molecule has 7 heteroatoms. The van der Waals surface area contributed by atoms with Crippen molar-refractivity contribution < 1.29 is 14.3 Å². The molecule has 0 aliphatic rings. The zero-order valence-corrected chi connectivity index (χ0v) is 15.2. The Morgan fingerprint density at radius 2 is 2.25 bits per heavy atom. The number of ether oxygens (including phenoxy) is 2. The van der Waals surface area contributed by atoms with Crippen LogP contribution in [-0.4, -0.2) is 35.5 Å². The van der Waals surface area contributed by atoms with Gasteiger partial charge in [-0.1, -0.05) is 15.9 Å². The molecule has 0 atom stereocenters. The Bertz CT molecular complexity index is 713. The Hall–Kier alpha value is -2.12. The van der Waals surface area contributed by atoms with E-state index in [9.17, 15) is 4.79 Å². The van der Waals surface area contributed by atoms with Gasteiger partial charge in [-0.15, -0.1) is 0 Å². The van der Waals surface area contributed by atoms with E-state index in [-0.39, 0.29) is 5.91 Å². The summed E-state index contributed by atoms with van der Waals surface area (Å²) in [5.41, 5.74) is 1.46. The zero-order chi connectivity index (χ0) is 17.4. The van der Waals surface area contributed by atoms with Gasteiger partial charge >= 0.3 is 0 Å². The van der Waals surface area contributed by atoms with Crippen molar-refractivity contribution in [2.24, 2.45) is 7.05 Å². The van der Waals surface area contributed by atoms with Crippen LogP contribution >= 0.6 is 15.9 Å². The minimum absolute atomic E-state index is 0.233. The van der Waals surface area contributed by atoms with Crippen molar-refractivity contribution in [1.29, 1.82) is 0 Å². The summed E-state index contributed by atoms with van der Waals surface area (Å²) in [7, 11) is 1.79. The molecule has 0 unspecified atom stereocenters. The summed E-state index contributed by atoms with van der Waals surface area (Å²) in [5.74, 6) is 0.464. The molecular formula is C17H20BrN3O3. The number of carbonyl (C=O) groups is 1. The van der Waals surface area contributed by atoms with Crippen LogP contribution in [0.1, 0.15) is 12.5 Å². The van der Waals surface area contributed by atoms with Crippen LogP contribution < -0.4 is 10.1 Å². The quantitative estimate of drug-likeness (QED) is 0.552. The van der Waals surface area contributed by atoms with Crippen LogP contribution in [0, 0.1) is 0 Å². The largest absolute Gasteiger partial charge is 0.491 e. The highest BCUT2D eigenvalue weighted by Crippen LogP contribution is 2.24. The SMILES string of the molecule is CCOCCOc1ccc(Br)cc1/C=C/C(=O)Nc1cnn(C)c1. The van der Waals surface area contributed by atoms with Gasteiger partial charge in [0.15, 0.2) is 0 Å². The summed E-state index contributed by atoms with van der Waals surface area (Å²) in [5, 5.41) is 6.75. The second kappa shape index (κ2) is 9.24. The van der Waals surface area contributed by atoms with Crippen LogP contribution in [0.2, 0.25) is 0 Å². The van der Waals surface area contributed by atoms with Crippen LogP contribution in [0.15, 0.2) is 41.1 Å². The fraction of sp³-hybridized carbons (Fsp3) is 0.294. The summed E-state index contributed by atoms with van der Waals surface area (Å²) >= 11 is 3.43. The molecule has 2 rings (SSSR count). The molecule has 1 amide bonds. The van der Waals surface area contributed by atoms with E-state index in [1.165, 1.54) is 6.08 Å².